The molecule has 1 amide bonds. The van der Waals surface area contributed by atoms with E-state index >= 15 is 0 Å². The van der Waals surface area contributed by atoms with E-state index in [2.05, 4.69) is 17.4 Å². The number of nitrogens with one attached hydrogen (secondary N) is 1. The molecule has 1 fully saturated rings. The van der Waals surface area contributed by atoms with E-state index in [1.54, 1.807) is 24.3 Å². The number of amides is 1. The van der Waals surface area contributed by atoms with E-state index in [4.69, 9.17) is 0 Å². The predicted molar refractivity (Wildman–Crippen MR) is 111 cm³/mol. The maximum atomic E-state index is 12.4. The van der Waals surface area contributed by atoms with Crippen molar-refractivity contribution in [1.82, 2.24) is 9.62 Å². The van der Waals surface area contributed by atoms with Crippen LogP contribution >= 0.6 is 0 Å². The van der Waals surface area contributed by atoms with Gasteiger partial charge in [-0.3, -0.25) is 4.79 Å². The van der Waals surface area contributed by atoms with E-state index in [9.17, 15) is 13.2 Å². The molecule has 1 saturated carbocycles. The lowest BCUT2D eigenvalue weighted by Crippen LogP contribution is -2.23. The van der Waals surface area contributed by atoms with Crippen LogP contribution in [0.25, 0.3) is 0 Å². The first-order chi connectivity index (χ1) is 13.4. The Hall–Kier alpha value is -2.18. The van der Waals surface area contributed by atoms with Gasteiger partial charge in [-0.1, -0.05) is 43.5 Å². The van der Waals surface area contributed by atoms with Crippen LogP contribution in [-0.2, 0) is 16.6 Å². The Kier molecular flexibility index (Phi) is 6.52. The minimum atomic E-state index is -3.44. The number of hydrogen-bond donors (Lipinski definition) is 1. The normalized spacial score (nSPS) is 15.5. The number of nitrogens with zero attached hydrogens (tertiary/aromatic N) is 1. The molecule has 1 N–H and O–H groups in total. The van der Waals surface area contributed by atoms with Crippen LogP contribution in [0, 0.1) is 0 Å². The van der Waals surface area contributed by atoms with E-state index in [0.29, 0.717) is 18.0 Å². The average molecular weight is 401 g/mol. The molecule has 0 saturated heterocycles. The summed E-state index contributed by atoms with van der Waals surface area (Å²) in [5.74, 6) is 0.503. The van der Waals surface area contributed by atoms with Crippen LogP contribution in [-0.4, -0.2) is 32.7 Å². The van der Waals surface area contributed by atoms with Crippen molar-refractivity contribution >= 4 is 15.9 Å². The maximum absolute atomic E-state index is 12.4. The van der Waals surface area contributed by atoms with Crippen LogP contribution in [0.1, 0.15) is 59.5 Å². The van der Waals surface area contributed by atoms with Gasteiger partial charge in [-0.25, -0.2) is 12.7 Å². The largest absolute Gasteiger partial charge is 0.348 e. The van der Waals surface area contributed by atoms with E-state index in [1.807, 2.05) is 12.1 Å². The van der Waals surface area contributed by atoms with Crippen LogP contribution in [0.2, 0.25) is 0 Å². The summed E-state index contributed by atoms with van der Waals surface area (Å²) >= 11 is 0. The Morgan fingerprint density at radius 2 is 1.57 bits per heavy atom. The molecule has 2 aromatic rings. The SMILES string of the molecule is CN(C)S(=O)(=O)c1ccc(CNC(=O)c2ccc(C3CCCCC3)cc2)cc1. The van der Waals surface area contributed by atoms with Gasteiger partial charge in [0.25, 0.3) is 5.91 Å². The molecule has 0 atom stereocenters. The highest BCUT2D eigenvalue weighted by atomic mass is 32.2. The van der Waals surface area contributed by atoms with Crippen LogP contribution in [0.4, 0.5) is 0 Å². The first kappa shape index (κ1) is 20.6. The maximum Gasteiger partial charge on any atom is 0.251 e. The first-order valence-electron chi connectivity index (χ1n) is 9.77. The minimum absolute atomic E-state index is 0.125. The molecule has 0 radical (unpaired) electrons. The number of sulfonamides is 1. The molecule has 3 rings (SSSR count). The van der Waals surface area contributed by atoms with Gasteiger partial charge in [-0.05, 0) is 54.2 Å². The van der Waals surface area contributed by atoms with E-state index in [-0.39, 0.29) is 10.8 Å². The van der Waals surface area contributed by atoms with E-state index in [0.717, 1.165) is 5.56 Å². The summed E-state index contributed by atoms with van der Waals surface area (Å²) in [4.78, 5) is 12.6. The summed E-state index contributed by atoms with van der Waals surface area (Å²) in [7, 11) is -0.430. The Morgan fingerprint density at radius 1 is 0.964 bits per heavy atom. The summed E-state index contributed by atoms with van der Waals surface area (Å²) in [6.07, 6.45) is 6.40. The van der Waals surface area contributed by atoms with E-state index in [1.165, 1.54) is 56.1 Å². The molecule has 0 spiro atoms. The zero-order valence-electron chi connectivity index (χ0n) is 16.5. The third-order valence-corrected chi connectivity index (χ3v) is 7.23. The van der Waals surface area contributed by atoms with Gasteiger partial charge >= 0.3 is 0 Å². The molecule has 1 aliphatic rings. The Labute approximate surface area is 167 Å². The summed E-state index contributed by atoms with van der Waals surface area (Å²) < 4.78 is 25.4. The van der Waals surface area contributed by atoms with Gasteiger partial charge in [0.2, 0.25) is 10.0 Å². The summed E-state index contributed by atoms with van der Waals surface area (Å²) in [6.45, 7) is 0.353. The molecule has 0 aliphatic heterocycles. The molecule has 150 valence electrons. The van der Waals surface area contributed by atoms with Crippen LogP contribution in [0.3, 0.4) is 0 Å². The monoisotopic (exact) mass is 400 g/mol. The second kappa shape index (κ2) is 8.88. The van der Waals surface area contributed by atoms with Crippen LogP contribution in [0.15, 0.2) is 53.4 Å². The van der Waals surface area contributed by atoms with Gasteiger partial charge in [0.15, 0.2) is 0 Å². The van der Waals surface area contributed by atoms with Crippen molar-refractivity contribution < 1.29 is 13.2 Å². The molecular weight excluding hydrogens is 372 g/mol. The van der Waals surface area contributed by atoms with Crippen molar-refractivity contribution in [2.45, 2.75) is 49.5 Å². The smallest absolute Gasteiger partial charge is 0.251 e. The van der Waals surface area contributed by atoms with Gasteiger partial charge in [0.1, 0.15) is 0 Å². The van der Waals surface area contributed by atoms with Crippen LogP contribution in [0.5, 0.6) is 0 Å². The summed E-state index contributed by atoms with van der Waals surface area (Å²) in [5, 5.41) is 2.90. The number of carbonyl (C=O) groups excluding carboxylic acids is 1. The number of benzene rings is 2. The lowest BCUT2D eigenvalue weighted by molar-refractivity contribution is 0.0951. The van der Waals surface area contributed by atoms with Crippen molar-refractivity contribution in [1.29, 1.82) is 0 Å². The highest BCUT2D eigenvalue weighted by Gasteiger charge is 2.17. The molecule has 0 heterocycles. The third kappa shape index (κ3) is 4.80. The quantitative estimate of drug-likeness (QED) is 0.799. The van der Waals surface area contributed by atoms with Gasteiger partial charge in [0, 0.05) is 26.2 Å². The molecule has 6 heteroatoms. The van der Waals surface area contributed by atoms with Gasteiger partial charge in [-0.2, -0.15) is 0 Å². The Morgan fingerprint density at radius 3 is 2.14 bits per heavy atom. The molecule has 28 heavy (non-hydrogen) atoms. The average Bonchev–Trinajstić information content (AvgIpc) is 2.73. The fourth-order valence-electron chi connectivity index (χ4n) is 3.62. The fraction of sp³-hybridized carbons (Fsp3) is 0.409. The van der Waals surface area contributed by atoms with Crippen molar-refractivity contribution in [3.05, 3.63) is 65.2 Å². The van der Waals surface area contributed by atoms with Gasteiger partial charge in [-0.15, -0.1) is 0 Å². The number of hydrogen-bond acceptors (Lipinski definition) is 3. The summed E-state index contributed by atoms with van der Waals surface area (Å²) in [6, 6.07) is 14.5. The molecule has 0 unspecified atom stereocenters. The lowest BCUT2D eigenvalue weighted by atomic mass is 9.84. The molecule has 0 aromatic heterocycles. The zero-order valence-corrected chi connectivity index (χ0v) is 17.3. The Bertz CT molecular complexity index is 898. The second-order valence-electron chi connectivity index (χ2n) is 7.57. The molecule has 5 nitrogen and oxygen atoms in total. The van der Waals surface area contributed by atoms with Crippen LogP contribution < -0.4 is 5.32 Å². The number of carbonyl (C=O) groups is 1. The highest BCUT2D eigenvalue weighted by molar-refractivity contribution is 7.89. The highest BCUT2D eigenvalue weighted by Crippen LogP contribution is 2.32. The molecule has 1 aliphatic carbocycles. The molecular formula is C22H28N2O3S. The van der Waals surface area contributed by atoms with Gasteiger partial charge in [0.05, 0.1) is 4.90 Å². The predicted octanol–water partition coefficient (Wildman–Crippen LogP) is 3.91. The third-order valence-electron chi connectivity index (χ3n) is 5.40. The minimum Gasteiger partial charge on any atom is -0.348 e. The molecule has 2 aromatic carbocycles. The fourth-order valence-corrected chi connectivity index (χ4v) is 4.52. The standard InChI is InChI=1S/C22H28N2O3S/c1-24(2)28(26,27)21-14-8-17(9-15-21)16-23-22(25)20-12-10-19(11-13-20)18-6-4-3-5-7-18/h8-15,18H,3-7,16H2,1-2H3,(H,23,25). The van der Waals surface area contributed by atoms with Crippen molar-refractivity contribution in [3.63, 3.8) is 0 Å². The first-order valence-corrected chi connectivity index (χ1v) is 11.2. The van der Waals surface area contributed by atoms with Crippen molar-refractivity contribution in [3.8, 4) is 0 Å². The number of rotatable bonds is 6. The van der Waals surface area contributed by atoms with Gasteiger partial charge < -0.3 is 5.32 Å². The molecule has 0 bridgehead atoms. The second-order valence-corrected chi connectivity index (χ2v) is 9.72. The topological polar surface area (TPSA) is 66.5 Å². The summed E-state index contributed by atoms with van der Waals surface area (Å²) in [5.41, 5.74) is 2.82. The zero-order chi connectivity index (χ0) is 20.1. The van der Waals surface area contributed by atoms with E-state index < -0.39 is 10.0 Å². The van der Waals surface area contributed by atoms with Crippen molar-refractivity contribution in [2.75, 3.05) is 14.1 Å². The lowest BCUT2D eigenvalue weighted by Gasteiger charge is -2.22. The Balaban J connectivity index is 1.58. The van der Waals surface area contributed by atoms with Crippen molar-refractivity contribution in [2.24, 2.45) is 0 Å².